The minimum atomic E-state index is -3.90. The fourth-order valence-corrected chi connectivity index (χ4v) is 5.62. The largest absolute Gasteiger partial charge is 0.339 e. The van der Waals surface area contributed by atoms with Crippen LogP contribution in [0.4, 0.5) is 11.5 Å². The van der Waals surface area contributed by atoms with E-state index in [1.165, 1.54) is 28.0 Å². The molecule has 1 N–H and O–H groups in total. The molecule has 0 spiro atoms. The summed E-state index contributed by atoms with van der Waals surface area (Å²) in [6.45, 7) is 4.03. The Morgan fingerprint density at radius 3 is 2.61 bits per heavy atom. The lowest BCUT2D eigenvalue weighted by molar-refractivity contribution is 0.592. The van der Waals surface area contributed by atoms with Crippen molar-refractivity contribution in [3.05, 3.63) is 69.5 Å². The van der Waals surface area contributed by atoms with Crippen LogP contribution in [0.3, 0.4) is 0 Å². The number of hydrogen-bond donors (Lipinski definition) is 1. The molecule has 0 bridgehead atoms. The van der Waals surface area contributed by atoms with E-state index in [0.717, 1.165) is 31.5 Å². The molecule has 0 atom stereocenters. The zero-order valence-electron chi connectivity index (χ0n) is 16.5. The van der Waals surface area contributed by atoms with Crippen molar-refractivity contribution in [2.24, 2.45) is 0 Å². The average Bonchev–Trinajstić information content (AvgIpc) is 3.38. The van der Waals surface area contributed by atoms with Crippen molar-refractivity contribution in [2.75, 3.05) is 5.32 Å². The van der Waals surface area contributed by atoms with Crippen LogP contribution in [0.5, 0.6) is 0 Å². The van der Waals surface area contributed by atoms with Gasteiger partial charge in [-0.2, -0.15) is 4.52 Å². The normalized spacial score (nSPS) is 12.0. The molecular formula is C21H16BrN5O2S2. The van der Waals surface area contributed by atoms with Gasteiger partial charge in [0.15, 0.2) is 11.5 Å². The number of aryl methyl sites for hydroxylation is 2. The molecule has 7 nitrogen and oxygen atoms in total. The molecule has 3 heterocycles. The minimum Gasteiger partial charge on any atom is -0.339 e. The number of benzene rings is 2. The third kappa shape index (κ3) is 3.40. The number of aromatic nitrogens is 4. The van der Waals surface area contributed by atoms with Crippen molar-refractivity contribution >= 4 is 64.5 Å². The van der Waals surface area contributed by atoms with Gasteiger partial charge in [0.1, 0.15) is 0 Å². The summed E-state index contributed by atoms with van der Waals surface area (Å²) in [6, 6.07) is 14.4. The van der Waals surface area contributed by atoms with Crippen molar-refractivity contribution < 1.29 is 8.42 Å². The molecule has 5 aromatic rings. The van der Waals surface area contributed by atoms with E-state index in [0.29, 0.717) is 5.82 Å². The van der Waals surface area contributed by atoms with Crippen molar-refractivity contribution in [1.29, 1.82) is 0 Å². The fraction of sp³-hybridized carbons (Fsp3) is 0.0952. The molecule has 0 saturated heterocycles. The van der Waals surface area contributed by atoms with Gasteiger partial charge in [-0.25, -0.2) is 13.4 Å². The van der Waals surface area contributed by atoms with Gasteiger partial charge in [0.2, 0.25) is 14.9 Å². The lowest BCUT2D eigenvalue weighted by Gasteiger charge is -2.11. The summed E-state index contributed by atoms with van der Waals surface area (Å²) in [4.78, 5) is 4.79. The molecule has 156 valence electrons. The number of nitrogens with one attached hydrogen (secondary N) is 1. The summed E-state index contributed by atoms with van der Waals surface area (Å²) in [7, 11) is -3.90. The Hall–Kier alpha value is -2.82. The van der Waals surface area contributed by atoms with Crippen LogP contribution in [0.25, 0.3) is 15.9 Å². The maximum atomic E-state index is 13.3. The van der Waals surface area contributed by atoms with Crippen LogP contribution in [-0.2, 0) is 9.84 Å². The van der Waals surface area contributed by atoms with Crippen molar-refractivity contribution in [3.8, 4) is 0 Å². The van der Waals surface area contributed by atoms with E-state index in [1.54, 1.807) is 12.1 Å². The summed E-state index contributed by atoms with van der Waals surface area (Å²) in [6.07, 6.45) is 0. The number of hydrogen-bond acceptors (Lipinski definition) is 7. The first-order valence-corrected chi connectivity index (χ1v) is 12.5. The molecule has 0 aliphatic rings. The number of rotatable bonds is 4. The van der Waals surface area contributed by atoms with Crippen LogP contribution in [-0.4, -0.2) is 28.2 Å². The Balaban J connectivity index is 1.72. The molecule has 0 aliphatic carbocycles. The van der Waals surface area contributed by atoms with Gasteiger partial charge in [0.05, 0.1) is 15.1 Å². The first-order chi connectivity index (χ1) is 14.8. The highest BCUT2D eigenvalue weighted by Gasteiger charge is 2.27. The highest BCUT2D eigenvalue weighted by atomic mass is 79.9. The van der Waals surface area contributed by atoms with Gasteiger partial charge in [-0.1, -0.05) is 33.3 Å². The molecule has 3 aromatic heterocycles. The van der Waals surface area contributed by atoms with Crippen LogP contribution in [0.2, 0.25) is 0 Å². The van der Waals surface area contributed by atoms with E-state index in [4.69, 9.17) is 0 Å². The lowest BCUT2D eigenvalue weighted by atomic mass is 10.1. The number of sulfone groups is 1. The number of anilines is 2. The monoisotopic (exact) mass is 513 g/mol. The van der Waals surface area contributed by atoms with E-state index < -0.39 is 9.84 Å². The number of halogens is 1. The average molecular weight is 514 g/mol. The number of nitrogens with zero attached hydrogens (tertiary/aromatic N) is 4. The van der Waals surface area contributed by atoms with E-state index >= 15 is 0 Å². The second-order valence-corrected chi connectivity index (χ2v) is 10.8. The third-order valence-electron chi connectivity index (χ3n) is 4.95. The molecule has 2 aromatic carbocycles. The van der Waals surface area contributed by atoms with Gasteiger partial charge in [-0.3, -0.25) is 0 Å². The van der Waals surface area contributed by atoms with Crippen LogP contribution >= 0.6 is 27.3 Å². The van der Waals surface area contributed by atoms with Gasteiger partial charge in [0.25, 0.3) is 0 Å². The zero-order chi connectivity index (χ0) is 21.8. The van der Waals surface area contributed by atoms with Crippen LogP contribution < -0.4 is 5.32 Å². The minimum absolute atomic E-state index is 0.134. The fourth-order valence-electron chi connectivity index (χ4n) is 3.31. The second-order valence-electron chi connectivity index (χ2n) is 7.13. The standard InChI is InChI=1S/C21H16BrN5O2S2/c1-12-3-4-13(2)16(11-12)23-19-18-17(9-10-30-18)27-20(24-19)21(25-26-27)31(28,29)15-7-5-14(22)6-8-15/h3-11H,1-2H3,(H,23,24). The second kappa shape index (κ2) is 7.40. The highest BCUT2D eigenvalue weighted by molar-refractivity contribution is 9.10. The lowest BCUT2D eigenvalue weighted by Crippen LogP contribution is -2.05. The maximum absolute atomic E-state index is 13.3. The van der Waals surface area contributed by atoms with Crippen molar-refractivity contribution in [1.82, 2.24) is 19.8 Å². The van der Waals surface area contributed by atoms with E-state index in [2.05, 4.69) is 36.5 Å². The number of thiophene rings is 1. The van der Waals surface area contributed by atoms with Crippen molar-refractivity contribution in [3.63, 3.8) is 0 Å². The zero-order valence-corrected chi connectivity index (χ0v) is 19.7. The van der Waals surface area contributed by atoms with Gasteiger partial charge in [-0.15, -0.1) is 16.4 Å². The Labute approximate surface area is 190 Å². The summed E-state index contributed by atoms with van der Waals surface area (Å²) >= 11 is 4.83. The molecule has 0 saturated carbocycles. The van der Waals surface area contributed by atoms with Crippen LogP contribution in [0.15, 0.2) is 68.3 Å². The van der Waals surface area contributed by atoms with E-state index in [9.17, 15) is 8.42 Å². The topological polar surface area (TPSA) is 89.2 Å². The third-order valence-corrected chi connectivity index (χ3v) is 8.05. The highest BCUT2D eigenvalue weighted by Crippen LogP contribution is 2.33. The summed E-state index contributed by atoms with van der Waals surface area (Å²) in [5.74, 6) is 0.570. The van der Waals surface area contributed by atoms with Gasteiger partial charge in [-0.05, 0) is 66.8 Å². The van der Waals surface area contributed by atoms with E-state index in [-0.39, 0.29) is 15.6 Å². The summed E-state index contributed by atoms with van der Waals surface area (Å²) < 4.78 is 29.7. The molecule has 0 amide bonds. The predicted molar refractivity (Wildman–Crippen MR) is 125 cm³/mol. The van der Waals surface area contributed by atoms with Gasteiger partial charge >= 0.3 is 0 Å². The van der Waals surface area contributed by atoms with E-state index in [1.807, 2.05) is 43.5 Å². The Kier molecular flexibility index (Phi) is 4.80. The first-order valence-electron chi connectivity index (χ1n) is 9.32. The predicted octanol–water partition coefficient (Wildman–Crippen LogP) is 5.29. The molecule has 0 unspecified atom stereocenters. The molecule has 0 radical (unpaired) electrons. The summed E-state index contributed by atoms with van der Waals surface area (Å²) in [5, 5.41) is 13.2. The smallest absolute Gasteiger partial charge is 0.229 e. The Morgan fingerprint density at radius 2 is 1.84 bits per heavy atom. The Bertz CT molecular complexity index is 1560. The molecule has 10 heteroatoms. The van der Waals surface area contributed by atoms with Crippen LogP contribution in [0.1, 0.15) is 11.1 Å². The molecule has 0 aliphatic heterocycles. The van der Waals surface area contributed by atoms with Crippen molar-refractivity contribution in [2.45, 2.75) is 23.8 Å². The SMILES string of the molecule is Cc1ccc(C)c(Nc2nc3c(S(=O)(=O)c4ccc(Br)cc4)nnn3c3ccsc23)c1. The molecular weight excluding hydrogens is 498 g/mol. The molecule has 5 rings (SSSR count). The van der Waals surface area contributed by atoms with Gasteiger partial charge < -0.3 is 5.32 Å². The first kappa shape index (κ1) is 20.1. The number of fused-ring (bicyclic) bond motifs is 3. The molecule has 31 heavy (non-hydrogen) atoms. The summed E-state index contributed by atoms with van der Waals surface area (Å²) in [5.41, 5.74) is 4.01. The molecule has 0 fully saturated rings. The maximum Gasteiger partial charge on any atom is 0.229 e. The quantitative estimate of drug-likeness (QED) is 0.351. The van der Waals surface area contributed by atoms with Gasteiger partial charge in [0, 0.05) is 10.2 Å². The van der Waals surface area contributed by atoms with Crippen LogP contribution in [0, 0.1) is 13.8 Å². The Morgan fingerprint density at radius 1 is 1.06 bits per heavy atom.